The molecule has 0 fully saturated rings. The van der Waals surface area contributed by atoms with E-state index in [1.54, 1.807) is 14.2 Å². The molecule has 6 heteroatoms. The van der Waals surface area contributed by atoms with Gasteiger partial charge in [-0.1, -0.05) is 17.7 Å². The Labute approximate surface area is 163 Å². The molecule has 142 valence electrons. The smallest absolute Gasteiger partial charge is 0.161 e. The zero-order valence-electron chi connectivity index (χ0n) is 16.4. The summed E-state index contributed by atoms with van der Waals surface area (Å²) < 4.78 is 12.6. The van der Waals surface area contributed by atoms with E-state index in [4.69, 9.17) is 14.6 Å². The van der Waals surface area contributed by atoms with Crippen LogP contribution in [0.1, 0.15) is 11.3 Å². The number of rotatable bonds is 5. The van der Waals surface area contributed by atoms with E-state index in [2.05, 4.69) is 41.5 Å². The molecule has 4 rings (SSSR count). The summed E-state index contributed by atoms with van der Waals surface area (Å²) in [4.78, 5) is 4.62. The Bertz CT molecular complexity index is 1130. The van der Waals surface area contributed by atoms with E-state index in [9.17, 15) is 0 Å². The second kappa shape index (κ2) is 7.23. The number of aromatic nitrogens is 3. The van der Waals surface area contributed by atoms with Gasteiger partial charge in [0.1, 0.15) is 5.82 Å². The first-order valence-electron chi connectivity index (χ1n) is 9.01. The Balaban J connectivity index is 1.77. The molecule has 0 amide bonds. The quantitative estimate of drug-likeness (QED) is 0.545. The minimum absolute atomic E-state index is 0.666. The molecule has 0 unspecified atom stereocenters. The lowest BCUT2D eigenvalue weighted by Crippen LogP contribution is -2.02. The summed E-state index contributed by atoms with van der Waals surface area (Å²) in [5.74, 6) is 2.21. The average Bonchev–Trinajstić information content (AvgIpc) is 3.13. The number of fused-ring (bicyclic) bond motifs is 1. The van der Waals surface area contributed by atoms with Crippen LogP contribution in [0.4, 0.5) is 11.5 Å². The third-order valence-corrected chi connectivity index (χ3v) is 4.56. The summed E-state index contributed by atoms with van der Waals surface area (Å²) in [6.07, 6.45) is 0. The molecule has 0 aliphatic carbocycles. The number of hydrogen-bond acceptors (Lipinski definition) is 5. The van der Waals surface area contributed by atoms with E-state index in [-0.39, 0.29) is 0 Å². The Morgan fingerprint density at radius 1 is 0.857 bits per heavy atom. The zero-order valence-corrected chi connectivity index (χ0v) is 16.4. The SMILES string of the molecule is COc1ccc(-c2cc3nc(C)cc(Nc4ccc(C)cc4)n3n2)cc1OC. The number of ether oxygens (including phenoxy) is 2. The Morgan fingerprint density at radius 3 is 2.32 bits per heavy atom. The van der Waals surface area contributed by atoms with Crippen LogP contribution in [0.2, 0.25) is 0 Å². The van der Waals surface area contributed by atoms with Gasteiger partial charge in [0.25, 0.3) is 0 Å². The van der Waals surface area contributed by atoms with Crippen LogP contribution in [0.15, 0.2) is 54.6 Å². The molecule has 28 heavy (non-hydrogen) atoms. The number of hydrogen-bond donors (Lipinski definition) is 1. The zero-order chi connectivity index (χ0) is 19.7. The molecular weight excluding hydrogens is 352 g/mol. The van der Waals surface area contributed by atoms with Crippen LogP contribution < -0.4 is 14.8 Å². The highest BCUT2D eigenvalue weighted by Gasteiger charge is 2.12. The number of aryl methyl sites for hydroxylation is 2. The van der Waals surface area contributed by atoms with Crippen molar-refractivity contribution in [1.82, 2.24) is 14.6 Å². The van der Waals surface area contributed by atoms with Gasteiger partial charge in [-0.05, 0) is 44.2 Å². The number of anilines is 2. The van der Waals surface area contributed by atoms with Crippen molar-refractivity contribution in [3.8, 4) is 22.8 Å². The lowest BCUT2D eigenvalue weighted by molar-refractivity contribution is 0.355. The van der Waals surface area contributed by atoms with E-state index in [1.807, 2.05) is 41.8 Å². The van der Waals surface area contributed by atoms with Gasteiger partial charge in [0.15, 0.2) is 17.1 Å². The Kier molecular flexibility index (Phi) is 4.61. The summed E-state index contributed by atoms with van der Waals surface area (Å²) in [6.45, 7) is 4.05. The van der Waals surface area contributed by atoms with Crippen molar-refractivity contribution < 1.29 is 9.47 Å². The fourth-order valence-corrected chi connectivity index (χ4v) is 3.11. The first kappa shape index (κ1) is 17.9. The predicted molar refractivity (Wildman–Crippen MR) is 111 cm³/mol. The maximum atomic E-state index is 5.42. The van der Waals surface area contributed by atoms with Crippen molar-refractivity contribution in [2.24, 2.45) is 0 Å². The van der Waals surface area contributed by atoms with Crippen molar-refractivity contribution in [3.05, 3.63) is 65.9 Å². The fourth-order valence-electron chi connectivity index (χ4n) is 3.11. The minimum Gasteiger partial charge on any atom is -0.493 e. The van der Waals surface area contributed by atoms with Crippen LogP contribution in [-0.4, -0.2) is 28.8 Å². The molecule has 1 N–H and O–H groups in total. The van der Waals surface area contributed by atoms with Crippen LogP contribution in [-0.2, 0) is 0 Å². The van der Waals surface area contributed by atoms with E-state index < -0.39 is 0 Å². The molecule has 0 spiro atoms. The van der Waals surface area contributed by atoms with Crippen LogP contribution in [0.25, 0.3) is 16.9 Å². The van der Waals surface area contributed by atoms with E-state index in [1.165, 1.54) is 5.56 Å². The van der Waals surface area contributed by atoms with Gasteiger partial charge in [0.2, 0.25) is 0 Å². The van der Waals surface area contributed by atoms with Gasteiger partial charge in [0, 0.05) is 29.1 Å². The van der Waals surface area contributed by atoms with E-state index in [0.717, 1.165) is 34.1 Å². The number of nitrogens with zero attached hydrogens (tertiary/aromatic N) is 3. The van der Waals surface area contributed by atoms with E-state index in [0.29, 0.717) is 11.5 Å². The first-order chi connectivity index (χ1) is 13.6. The number of nitrogens with one attached hydrogen (secondary N) is 1. The fraction of sp³-hybridized carbons (Fsp3) is 0.182. The molecule has 6 nitrogen and oxygen atoms in total. The molecule has 2 aromatic heterocycles. The molecule has 0 radical (unpaired) electrons. The van der Waals surface area contributed by atoms with E-state index >= 15 is 0 Å². The van der Waals surface area contributed by atoms with Crippen LogP contribution in [0.3, 0.4) is 0 Å². The molecule has 2 heterocycles. The minimum atomic E-state index is 0.666. The Hall–Kier alpha value is -3.54. The summed E-state index contributed by atoms with van der Waals surface area (Å²) >= 11 is 0. The molecule has 0 aliphatic rings. The second-order valence-electron chi connectivity index (χ2n) is 6.64. The molecule has 0 bridgehead atoms. The molecule has 0 atom stereocenters. The normalized spacial score (nSPS) is 10.9. The van der Waals surface area contributed by atoms with Crippen LogP contribution in [0, 0.1) is 13.8 Å². The van der Waals surface area contributed by atoms with Gasteiger partial charge in [-0.25, -0.2) is 4.98 Å². The van der Waals surface area contributed by atoms with Gasteiger partial charge in [-0.15, -0.1) is 0 Å². The molecule has 2 aromatic carbocycles. The lowest BCUT2D eigenvalue weighted by atomic mass is 10.1. The van der Waals surface area contributed by atoms with Crippen LogP contribution >= 0.6 is 0 Å². The van der Waals surface area contributed by atoms with Gasteiger partial charge >= 0.3 is 0 Å². The first-order valence-corrected chi connectivity index (χ1v) is 9.01. The molecule has 0 saturated heterocycles. The van der Waals surface area contributed by atoms with Crippen molar-refractivity contribution in [3.63, 3.8) is 0 Å². The summed E-state index contributed by atoms with van der Waals surface area (Å²) in [7, 11) is 3.25. The molecular formula is C22H22N4O2. The van der Waals surface area contributed by atoms with Gasteiger partial charge in [0.05, 0.1) is 19.9 Å². The summed E-state index contributed by atoms with van der Waals surface area (Å²) in [5.41, 5.74) is 5.66. The molecule has 0 aliphatic heterocycles. The maximum Gasteiger partial charge on any atom is 0.161 e. The summed E-state index contributed by atoms with van der Waals surface area (Å²) in [6, 6.07) is 18.0. The highest BCUT2D eigenvalue weighted by atomic mass is 16.5. The van der Waals surface area contributed by atoms with Crippen molar-refractivity contribution >= 4 is 17.2 Å². The van der Waals surface area contributed by atoms with Gasteiger partial charge in [-0.3, -0.25) is 0 Å². The van der Waals surface area contributed by atoms with Gasteiger partial charge in [-0.2, -0.15) is 9.61 Å². The monoisotopic (exact) mass is 374 g/mol. The third-order valence-electron chi connectivity index (χ3n) is 4.56. The topological polar surface area (TPSA) is 60.7 Å². The highest BCUT2D eigenvalue weighted by Crippen LogP contribution is 2.32. The number of benzene rings is 2. The molecule has 0 saturated carbocycles. The van der Waals surface area contributed by atoms with Crippen molar-refractivity contribution in [2.45, 2.75) is 13.8 Å². The largest absolute Gasteiger partial charge is 0.493 e. The predicted octanol–water partition coefficient (Wildman–Crippen LogP) is 4.77. The third kappa shape index (κ3) is 3.36. The van der Waals surface area contributed by atoms with Crippen molar-refractivity contribution in [2.75, 3.05) is 19.5 Å². The highest BCUT2D eigenvalue weighted by molar-refractivity contribution is 5.69. The average molecular weight is 374 g/mol. The number of methoxy groups -OCH3 is 2. The van der Waals surface area contributed by atoms with Gasteiger partial charge < -0.3 is 14.8 Å². The standard InChI is InChI=1S/C22H22N4O2/c1-14-5-8-17(9-6-14)24-21-11-15(2)23-22-13-18(25-26(21)22)16-7-10-19(27-3)20(12-16)28-4/h5-13,24H,1-4H3. The van der Waals surface area contributed by atoms with Crippen molar-refractivity contribution in [1.29, 1.82) is 0 Å². The maximum absolute atomic E-state index is 5.42. The summed E-state index contributed by atoms with van der Waals surface area (Å²) in [5, 5.41) is 8.20. The lowest BCUT2D eigenvalue weighted by Gasteiger charge is -2.09. The Morgan fingerprint density at radius 2 is 1.61 bits per heavy atom. The van der Waals surface area contributed by atoms with Crippen LogP contribution in [0.5, 0.6) is 11.5 Å². The molecule has 4 aromatic rings. The second-order valence-corrected chi connectivity index (χ2v) is 6.64.